The molecule has 2 amide bonds. The van der Waals surface area contributed by atoms with Crippen molar-refractivity contribution in [2.24, 2.45) is 5.92 Å². The van der Waals surface area contributed by atoms with Crippen LogP contribution in [-0.2, 0) is 0 Å². The molecule has 0 aromatic carbocycles. The molecule has 0 aromatic rings. The van der Waals surface area contributed by atoms with Crippen LogP contribution in [0.25, 0.3) is 0 Å². The lowest BCUT2D eigenvalue weighted by Crippen LogP contribution is -2.56. The number of urea groups is 1. The van der Waals surface area contributed by atoms with Crippen molar-refractivity contribution >= 4 is 6.03 Å². The summed E-state index contributed by atoms with van der Waals surface area (Å²) < 4.78 is 0. The van der Waals surface area contributed by atoms with Crippen molar-refractivity contribution in [1.29, 1.82) is 0 Å². The second kappa shape index (κ2) is 4.17. The first-order chi connectivity index (χ1) is 6.81. The summed E-state index contributed by atoms with van der Waals surface area (Å²) in [7, 11) is 0. The average Bonchev–Trinajstić information content (AvgIpc) is 2.17. The molecule has 2 fully saturated rings. The molecule has 0 radical (unpaired) electrons. The largest absolute Gasteiger partial charge is 0.396 e. The quantitative estimate of drug-likeness (QED) is 0.667. The first kappa shape index (κ1) is 9.77. The molecule has 2 aliphatic heterocycles. The van der Waals surface area contributed by atoms with Crippen molar-refractivity contribution in [3.63, 3.8) is 0 Å². The normalized spacial score (nSPS) is 23.5. The van der Waals surface area contributed by atoms with Crippen LogP contribution in [0.5, 0.6) is 0 Å². The van der Waals surface area contributed by atoms with Gasteiger partial charge in [0, 0.05) is 38.7 Å². The molecule has 2 saturated heterocycles. The van der Waals surface area contributed by atoms with Crippen LogP contribution >= 0.6 is 0 Å². The van der Waals surface area contributed by atoms with Gasteiger partial charge in [0.2, 0.25) is 0 Å². The molecular formula is C10H18N2O2. The third kappa shape index (κ3) is 1.85. The van der Waals surface area contributed by atoms with E-state index >= 15 is 0 Å². The highest BCUT2D eigenvalue weighted by atomic mass is 16.3. The summed E-state index contributed by atoms with van der Waals surface area (Å²) >= 11 is 0. The molecule has 2 rings (SSSR count). The number of carbonyl (C=O) groups excluding carboxylic acids is 1. The highest BCUT2D eigenvalue weighted by molar-refractivity contribution is 5.75. The van der Waals surface area contributed by atoms with E-state index in [0.29, 0.717) is 5.92 Å². The second-order valence-electron chi connectivity index (χ2n) is 4.28. The number of likely N-dealkylation sites (tertiary alicyclic amines) is 2. The van der Waals surface area contributed by atoms with E-state index < -0.39 is 0 Å². The van der Waals surface area contributed by atoms with Gasteiger partial charge in [-0.15, -0.1) is 0 Å². The highest BCUT2D eigenvalue weighted by Gasteiger charge is 2.32. The summed E-state index contributed by atoms with van der Waals surface area (Å²) in [5, 5.41) is 8.84. The molecule has 2 aliphatic rings. The van der Waals surface area contributed by atoms with E-state index in [4.69, 9.17) is 5.11 Å². The molecule has 0 bridgehead atoms. The van der Waals surface area contributed by atoms with Crippen molar-refractivity contribution in [3.05, 3.63) is 0 Å². The van der Waals surface area contributed by atoms with Crippen LogP contribution in [0, 0.1) is 5.92 Å². The number of aliphatic hydroxyl groups is 1. The van der Waals surface area contributed by atoms with Gasteiger partial charge < -0.3 is 14.9 Å². The van der Waals surface area contributed by atoms with Gasteiger partial charge in [-0.3, -0.25) is 0 Å². The fourth-order valence-electron chi connectivity index (χ4n) is 2.13. The predicted molar refractivity (Wildman–Crippen MR) is 53.0 cm³/mol. The van der Waals surface area contributed by atoms with Crippen LogP contribution in [0.3, 0.4) is 0 Å². The number of nitrogens with zero attached hydrogens (tertiary/aromatic N) is 2. The molecule has 0 unspecified atom stereocenters. The van der Waals surface area contributed by atoms with Crippen LogP contribution in [0.4, 0.5) is 4.79 Å². The summed E-state index contributed by atoms with van der Waals surface area (Å²) in [5.41, 5.74) is 0. The maximum Gasteiger partial charge on any atom is 0.320 e. The number of hydrogen-bond acceptors (Lipinski definition) is 2. The molecule has 0 aliphatic carbocycles. The first-order valence-corrected chi connectivity index (χ1v) is 5.46. The molecule has 0 aromatic heterocycles. The summed E-state index contributed by atoms with van der Waals surface area (Å²) in [5.74, 6) is 0.323. The lowest BCUT2D eigenvalue weighted by atomic mass is 10.0. The van der Waals surface area contributed by atoms with Gasteiger partial charge in [-0.25, -0.2) is 4.79 Å². The van der Waals surface area contributed by atoms with Crippen LogP contribution in [-0.4, -0.2) is 53.7 Å². The summed E-state index contributed by atoms with van der Waals surface area (Å²) in [6, 6.07) is 0.175. The standard InChI is InChI=1S/C10H18N2O2/c13-8-9-6-12(7-9)10(14)11-4-2-1-3-5-11/h9,13H,1-8H2. The van der Waals surface area contributed by atoms with Crippen LogP contribution < -0.4 is 0 Å². The van der Waals surface area contributed by atoms with Gasteiger partial charge in [0.15, 0.2) is 0 Å². The Balaban J connectivity index is 1.78. The minimum absolute atomic E-state index is 0.175. The van der Waals surface area contributed by atoms with Crippen LogP contribution in [0.1, 0.15) is 19.3 Å². The zero-order valence-corrected chi connectivity index (χ0v) is 8.48. The van der Waals surface area contributed by atoms with E-state index in [1.807, 2.05) is 9.80 Å². The average molecular weight is 198 g/mol. The first-order valence-electron chi connectivity index (χ1n) is 5.46. The Bertz CT molecular complexity index is 208. The molecule has 4 heteroatoms. The van der Waals surface area contributed by atoms with Crippen molar-refractivity contribution in [3.8, 4) is 0 Å². The summed E-state index contributed by atoms with van der Waals surface area (Å²) in [6.45, 7) is 3.53. The zero-order chi connectivity index (χ0) is 9.97. The molecule has 0 atom stereocenters. The van der Waals surface area contributed by atoms with Gasteiger partial charge in [-0.05, 0) is 19.3 Å². The monoisotopic (exact) mass is 198 g/mol. The molecule has 4 nitrogen and oxygen atoms in total. The Morgan fingerprint density at radius 2 is 1.79 bits per heavy atom. The molecule has 0 saturated carbocycles. The fraction of sp³-hybridized carbons (Fsp3) is 0.900. The number of piperidine rings is 1. The Morgan fingerprint density at radius 3 is 2.36 bits per heavy atom. The molecule has 14 heavy (non-hydrogen) atoms. The molecule has 80 valence electrons. The van der Waals surface area contributed by atoms with E-state index in [0.717, 1.165) is 39.0 Å². The van der Waals surface area contributed by atoms with Crippen molar-refractivity contribution in [2.45, 2.75) is 19.3 Å². The third-order valence-corrected chi connectivity index (χ3v) is 3.11. The number of amides is 2. The molecule has 1 N–H and O–H groups in total. The number of carbonyl (C=O) groups is 1. The van der Waals surface area contributed by atoms with Crippen molar-refractivity contribution in [2.75, 3.05) is 32.8 Å². The lowest BCUT2D eigenvalue weighted by Gasteiger charge is -2.42. The SMILES string of the molecule is O=C(N1CCCCC1)N1CC(CO)C1. The van der Waals surface area contributed by atoms with Gasteiger partial charge in [-0.2, -0.15) is 0 Å². The molecule has 0 spiro atoms. The van der Waals surface area contributed by atoms with Gasteiger partial charge in [0.25, 0.3) is 0 Å². The lowest BCUT2D eigenvalue weighted by molar-refractivity contribution is 0.0563. The predicted octanol–water partition coefficient (Wildman–Crippen LogP) is 0.516. The highest BCUT2D eigenvalue weighted by Crippen LogP contribution is 2.19. The van der Waals surface area contributed by atoms with E-state index in [9.17, 15) is 4.79 Å². The van der Waals surface area contributed by atoms with Gasteiger partial charge >= 0.3 is 6.03 Å². The molecular weight excluding hydrogens is 180 g/mol. The number of rotatable bonds is 1. The maximum atomic E-state index is 11.8. The van der Waals surface area contributed by atoms with E-state index in [-0.39, 0.29) is 12.6 Å². The Labute approximate surface area is 84.5 Å². The fourth-order valence-corrected chi connectivity index (χ4v) is 2.13. The molecule has 2 heterocycles. The maximum absolute atomic E-state index is 11.8. The summed E-state index contributed by atoms with van der Waals surface area (Å²) in [4.78, 5) is 15.6. The van der Waals surface area contributed by atoms with Crippen molar-refractivity contribution < 1.29 is 9.90 Å². The minimum Gasteiger partial charge on any atom is -0.396 e. The van der Waals surface area contributed by atoms with Gasteiger partial charge in [0.1, 0.15) is 0 Å². The summed E-state index contributed by atoms with van der Waals surface area (Å²) in [6.07, 6.45) is 3.54. The van der Waals surface area contributed by atoms with Crippen molar-refractivity contribution in [1.82, 2.24) is 9.80 Å². The number of hydrogen-bond donors (Lipinski definition) is 1. The third-order valence-electron chi connectivity index (χ3n) is 3.11. The topological polar surface area (TPSA) is 43.8 Å². The smallest absolute Gasteiger partial charge is 0.320 e. The number of aliphatic hydroxyl groups excluding tert-OH is 1. The van der Waals surface area contributed by atoms with Gasteiger partial charge in [-0.1, -0.05) is 0 Å². The van der Waals surface area contributed by atoms with E-state index in [2.05, 4.69) is 0 Å². The van der Waals surface area contributed by atoms with E-state index in [1.165, 1.54) is 6.42 Å². The zero-order valence-electron chi connectivity index (χ0n) is 8.48. The van der Waals surface area contributed by atoms with Crippen LogP contribution in [0.15, 0.2) is 0 Å². The van der Waals surface area contributed by atoms with E-state index in [1.54, 1.807) is 0 Å². The van der Waals surface area contributed by atoms with Gasteiger partial charge in [0.05, 0.1) is 0 Å². The van der Waals surface area contributed by atoms with Crippen LogP contribution in [0.2, 0.25) is 0 Å². The minimum atomic E-state index is 0.175. The Hall–Kier alpha value is -0.770. The Morgan fingerprint density at radius 1 is 1.14 bits per heavy atom. The second-order valence-corrected chi connectivity index (χ2v) is 4.28. The Kier molecular flexibility index (Phi) is 2.91.